The van der Waals surface area contributed by atoms with E-state index in [2.05, 4.69) is 17.1 Å². The zero-order valence-electron chi connectivity index (χ0n) is 13.1. The number of halogens is 2. The molecule has 0 aromatic carbocycles. The lowest BCUT2D eigenvalue weighted by molar-refractivity contribution is -0.122. The van der Waals surface area contributed by atoms with E-state index in [0.717, 1.165) is 19.4 Å². The van der Waals surface area contributed by atoms with Crippen molar-refractivity contribution >= 4 is 30.7 Å². The van der Waals surface area contributed by atoms with E-state index in [1.54, 1.807) is 0 Å². The van der Waals surface area contributed by atoms with E-state index in [1.807, 2.05) is 0 Å². The summed E-state index contributed by atoms with van der Waals surface area (Å²) < 4.78 is 0. The minimum atomic E-state index is 0. The van der Waals surface area contributed by atoms with Gasteiger partial charge in [-0.2, -0.15) is 0 Å². The molecule has 0 bridgehead atoms. The summed E-state index contributed by atoms with van der Waals surface area (Å²) in [5.74, 6) is 0.592. The zero-order valence-corrected chi connectivity index (χ0v) is 14.7. The summed E-state index contributed by atoms with van der Waals surface area (Å²) in [4.78, 5) is 14.5. The average Bonchev–Trinajstić information content (AvgIpc) is 2.76. The molecule has 126 valence electrons. The molecule has 1 aliphatic heterocycles. The molecule has 1 amide bonds. The Kier molecular flexibility index (Phi) is 10.6. The molecule has 21 heavy (non-hydrogen) atoms. The molecule has 6 heteroatoms. The number of nitrogens with two attached hydrogens (primary N) is 1. The standard InChI is InChI=1S/C15H29N3O.2ClH/c1-12(11-18-8-3-2-4-9-18)17-15(19)10-13-6-5-7-14(13)16;;/h12-14H,2-11,16H2,1H3,(H,17,19);2*1H/t12?,13-,14+;;/m0../s1. The van der Waals surface area contributed by atoms with Crippen LogP contribution < -0.4 is 11.1 Å². The number of hydrogen-bond donors (Lipinski definition) is 2. The van der Waals surface area contributed by atoms with Gasteiger partial charge in [-0.3, -0.25) is 4.79 Å². The second-order valence-electron chi connectivity index (χ2n) is 6.39. The molecular formula is C15H31Cl2N3O. The van der Waals surface area contributed by atoms with Crippen molar-refractivity contribution in [3.63, 3.8) is 0 Å². The average molecular weight is 340 g/mol. The van der Waals surface area contributed by atoms with Gasteiger partial charge in [0.05, 0.1) is 0 Å². The van der Waals surface area contributed by atoms with E-state index in [4.69, 9.17) is 5.73 Å². The Hall–Kier alpha value is -0.0300. The molecule has 1 aliphatic carbocycles. The predicted octanol–water partition coefficient (Wildman–Crippen LogP) is 2.34. The number of carbonyl (C=O) groups excluding carboxylic acids is 1. The third-order valence-corrected chi connectivity index (χ3v) is 4.55. The van der Waals surface area contributed by atoms with Crippen molar-refractivity contribution in [1.82, 2.24) is 10.2 Å². The smallest absolute Gasteiger partial charge is 0.220 e. The number of nitrogens with zero attached hydrogens (tertiary/aromatic N) is 1. The van der Waals surface area contributed by atoms with Crippen LogP contribution in [-0.2, 0) is 4.79 Å². The van der Waals surface area contributed by atoms with Crippen LogP contribution in [0.15, 0.2) is 0 Å². The Morgan fingerprint density at radius 2 is 1.86 bits per heavy atom. The maximum Gasteiger partial charge on any atom is 0.220 e. The van der Waals surface area contributed by atoms with Gasteiger partial charge in [0.25, 0.3) is 0 Å². The van der Waals surface area contributed by atoms with Crippen LogP contribution in [0.4, 0.5) is 0 Å². The van der Waals surface area contributed by atoms with Crippen molar-refractivity contribution in [2.45, 2.75) is 64.0 Å². The first-order chi connectivity index (χ1) is 9.15. The third kappa shape index (κ3) is 7.18. The largest absolute Gasteiger partial charge is 0.352 e. The number of piperidine rings is 1. The van der Waals surface area contributed by atoms with Crippen molar-refractivity contribution < 1.29 is 4.79 Å². The van der Waals surface area contributed by atoms with E-state index in [9.17, 15) is 4.79 Å². The number of nitrogens with one attached hydrogen (secondary N) is 1. The quantitative estimate of drug-likeness (QED) is 0.808. The number of likely N-dealkylation sites (tertiary alicyclic amines) is 1. The third-order valence-electron chi connectivity index (χ3n) is 4.55. The molecule has 2 fully saturated rings. The summed E-state index contributed by atoms with van der Waals surface area (Å²) in [7, 11) is 0. The SMILES string of the molecule is CC(CN1CCCCC1)NC(=O)C[C@@H]1CCC[C@H]1N.Cl.Cl. The molecule has 3 atom stereocenters. The van der Waals surface area contributed by atoms with Gasteiger partial charge in [-0.1, -0.05) is 12.8 Å². The van der Waals surface area contributed by atoms with E-state index < -0.39 is 0 Å². The Bertz CT molecular complexity index is 299. The van der Waals surface area contributed by atoms with Gasteiger partial charge in [-0.25, -0.2) is 0 Å². The second-order valence-corrected chi connectivity index (χ2v) is 6.39. The van der Waals surface area contributed by atoms with Crippen LogP contribution in [0.1, 0.15) is 51.9 Å². The summed E-state index contributed by atoms with van der Waals surface area (Å²) in [5.41, 5.74) is 6.02. The highest BCUT2D eigenvalue weighted by atomic mass is 35.5. The van der Waals surface area contributed by atoms with Crippen molar-refractivity contribution in [1.29, 1.82) is 0 Å². The number of amides is 1. The molecule has 1 unspecified atom stereocenters. The van der Waals surface area contributed by atoms with Crippen LogP contribution in [-0.4, -0.2) is 42.5 Å². The van der Waals surface area contributed by atoms with Crippen LogP contribution in [0.2, 0.25) is 0 Å². The monoisotopic (exact) mass is 339 g/mol. The highest BCUT2D eigenvalue weighted by Gasteiger charge is 2.26. The van der Waals surface area contributed by atoms with Crippen LogP contribution in [0, 0.1) is 5.92 Å². The lowest BCUT2D eigenvalue weighted by atomic mass is 10.00. The van der Waals surface area contributed by atoms with Gasteiger partial charge in [0, 0.05) is 25.0 Å². The lowest BCUT2D eigenvalue weighted by Crippen LogP contribution is -2.44. The highest BCUT2D eigenvalue weighted by Crippen LogP contribution is 2.26. The number of hydrogen-bond acceptors (Lipinski definition) is 3. The minimum Gasteiger partial charge on any atom is -0.352 e. The Morgan fingerprint density at radius 1 is 1.19 bits per heavy atom. The fourth-order valence-electron chi connectivity index (χ4n) is 3.47. The van der Waals surface area contributed by atoms with Crippen LogP contribution in [0.25, 0.3) is 0 Å². The Labute approximate surface area is 141 Å². The summed E-state index contributed by atoms with van der Waals surface area (Å²) in [6.07, 6.45) is 7.97. The van der Waals surface area contributed by atoms with E-state index in [-0.39, 0.29) is 42.8 Å². The topological polar surface area (TPSA) is 58.4 Å². The second kappa shape index (κ2) is 10.7. The van der Waals surface area contributed by atoms with E-state index in [1.165, 1.54) is 38.8 Å². The molecule has 1 saturated carbocycles. The van der Waals surface area contributed by atoms with Gasteiger partial charge in [0.2, 0.25) is 5.91 Å². The molecular weight excluding hydrogens is 309 g/mol. The Balaban J connectivity index is 0.00000200. The molecule has 0 aromatic rings. The Morgan fingerprint density at radius 3 is 2.43 bits per heavy atom. The fraction of sp³-hybridized carbons (Fsp3) is 0.933. The molecule has 1 saturated heterocycles. The van der Waals surface area contributed by atoms with Crippen LogP contribution in [0.5, 0.6) is 0 Å². The summed E-state index contributed by atoms with van der Waals surface area (Å²) in [5, 5.41) is 3.14. The minimum absolute atomic E-state index is 0. The number of carbonyl (C=O) groups is 1. The first kappa shape index (κ1) is 21.0. The molecule has 0 radical (unpaired) electrons. The molecule has 2 aliphatic rings. The molecule has 0 aromatic heterocycles. The van der Waals surface area contributed by atoms with Crippen molar-refractivity contribution in [2.24, 2.45) is 11.7 Å². The van der Waals surface area contributed by atoms with Gasteiger partial charge in [-0.15, -0.1) is 24.8 Å². The van der Waals surface area contributed by atoms with Gasteiger partial charge < -0.3 is 16.0 Å². The van der Waals surface area contributed by atoms with Gasteiger partial charge in [0.1, 0.15) is 0 Å². The summed E-state index contributed by atoms with van der Waals surface area (Å²) in [6.45, 7) is 5.48. The fourth-order valence-corrected chi connectivity index (χ4v) is 3.47. The van der Waals surface area contributed by atoms with E-state index >= 15 is 0 Å². The maximum absolute atomic E-state index is 12.0. The van der Waals surface area contributed by atoms with Gasteiger partial charge in [-0.05, 0) is 51.6 Å². The summed E-state index contributed by atoms with van der Waals surface area (Å²) in [6, 6.07) is 0.492. The maximum atomic E-state index is 12.0. The van der Waals surface area contributed by atoms with Gasteiger partial charge >= 0.3 is 0 Å². The lowest BCUT2D eigenvalue weighted by Gasteiger charge is -2.29. The number of rotatable bonds is 5. The van der Waals surface area contributed by atoms with Crippen molar-refractivity contribution in [3.8, 4) is 0 Å². The first-order valence-electron chi connectivity index (χ1n) is 7.92. The normalized spacial score (nSPS) is 27.3. The summed E-state index contributed by atoms with van der Waals surface area (Å²) >= 11 is 0. The molecule has 1 heterocycles. The predicted molar refractivity (Wildman–Crippen MR) is 92.3 cm³/mol. The molecule has 0 spiro atoms. The first-order valence-corrected chi connectivity index (χ1v) is 7.92. The molecule has 4 nitrogen and oxygen atoms in total. The molecule has 2 rings (SSSR count). The van der Waals surface area contributed by atoms with Gasteiger partial charge in [0.15, 0.2) is 0 Å². The highest BCUT2D eigenvalue weighted by molar-refractivity contribution is 5.85. The zero-order chi connectivity index (χ0) is 13.7. The molecule has 3 N–H and O–H groups in total. The van der Waals surface area contributed by atoms with Crippen LogP contribution >= 0.6 is 24.8 Å². The van der Waals surface area contributed by atoms with Crippen LogP contribution in [0.3, 0.4) is 0 Å². The van der Waals surface area contributed by atoms with Crippen molar-refractivity contribution in [3.05, 3.63) is 0 Å². The van der Waals surface area contributed by atoms with Crippen molar-refractivity contribution in [2.75, 3.05) is 19.6 Å². The van der Waals surface area contributed by atoms with E-state index in [0.29, 0.717) is 12.3 Å².